The van der Waals surface area contributed by atoms with Gasteiger partial charge in [0.2, 0.25) is 0 Å². The zero-order valence-electron chi connectivity index (χ0n) is 17.9. The Morgan fingerprint density at radius 1 is 1.00 bits per heavy atom. The van der Waals surface area contributed by atoms with Gasteiger partial charge >= 0.3 is 0 Å². The Morgan fingerprint density at radius 3 is 2.61 bits per heavy atom. The lowest BCUT2D eigenvalue weighted by molar-refractivity contribution is 0.0594. The second-order valence-corrected chi connectivity index (χ2v) is 10.0. The number of nitrogens with zero attached hydrogens (tertiary/aromatic N) is 3. The molecule has 0 N–H and O–H groups in total. The highest BCUT2D eigenvalue weighted by Crippen LogP contribution is 2.37. The first-order valence-electron chi connectivity index (χ1n) is 11.1. The van der Waals surface area contributed by atoms with Crippen molar-refractivity contribution in [2.45, 2.75) is 18.9 Å². The minimum Gasteiger partial charge on any atom is -0.338 e. The molecular weight excluding hydrogens is 430 g/mol. The van der Waals surface area contributed by atoms with E-state index in [1.54, 1.807) is 35.6 Å². The van der Waals surface area contributed by atoms with E-state index in [0.717, 1.165) is 27.9 Å². The van der Waals surface area contributed by atoms with E-state index >= 15 is 0 Å². The van der Waals surface area contributed by atoms with Crippen LogP contribution in [0, 0.1) is 17.2 Å². The molecule has 4 aromatic rings. The number of amides is 1. The van der Waals surface area contributed by atoms with E-state index in [0.29, 0.717) is 30.8 Å². The smallest absolute Gasteiger partial charge is 0.259 e. The van der Waals surface area contributed by atoms with Gasteiger partial charge in [-0.3, -0.25) is 9.59 Å². The number of nitriles is 1. The van der Waals surface area contributed by atoms with Crippen molar-refractivity contribution in [2.75, 3.05) is 13.1 Å². The van der Waals surface area contributed by atoms with Crippen LogP contribution < -0.4 is 5.56 Å². The number of aromatic nitrogens is 1. The first kappa shape index (κ1) is 20.0. The summed E-state index contributed by atoms with van der Waals surface area (Å²) in [5.41, 5.74) is 3.00. The molecule has 6 rings (SSSR count). The Morgan fingerprint density at radius 2 is 1.82 bits per heavy atom. The van der Waals surface area contributed by atoms with E-state index < -0.39 is 0 Å². The van der Waals surface area contributed by atoms with Gasteiger partial charge in [-0.2, -0.15) is 5.26 Å². The van der Waals surface area contributed by atoms with Crippen LogP contribution in [-0.2, 0) is 6.54 Å². The van der Waals surface area contributed by atoms with Gasteiger partial charge in [-0.1, -0.05) is 18.2 Å². The Bertz CT molecular complexity index is 1460. The molecule has 162 valence electrons. The fraction of sp³-hybridized carbons (Fsp3) is 0.222. The number of thiophene rings is 1. The number of carbonyl (C=O) groups is 1. The van der Waals surface area contributed by atoms with Crippen LogP contribution in [0.5, 0.6) is 0 Å². The number of fused-ring (bicyclic) bond motifs is 5. The lowest BCUT2D eigenvalue weighted by Crippen LogP contribution is -2.49. The quantitative estimate of drug-likeness (QED) is 0.437. The Balaban J connectivity index is 1.31. The summed E-state index contributed by atoms with van der Waals surface area (Å²) in [5, 5.41) is 10.2. The molecule has 1 fully saturated rings. The molecule has 1 amide bonds. The van der Waals surface area contributed by atoms with E-state index in [1.165, 1.54) is 4.70 Å². The molecule has 2 bridgehead atoms. The van der Waals surface area contributed by atoms with Crippen LogP contribution in [0.1, 0.15) is 34.0 Å². The van der Waals surface area contributed by atoms with Crippen molar-refractivity contribution in [3.8, 4) is 16.5 Å². The first-order valence-corrected chi connectivity index (χ1v) is 11.9. The SMILES string of the molecule is N#Cc1ccc(C(=O)N2CC3CC(C2)c2ccc(-c4cc5ccccc5s4)c(=O)n2C3)cc1. The first-order chi connectivity index (χ1) is 16.1. The highest BCUT2D eigenvalue weighted by molar-refractivity contribution is 7.22. The molecule has 2 aliphatic heterocycles. The zero-order chi connectivity index (χ0) is 22.5. The molecule has 2 aromatic carbocycles. The highest BCUT2D eigenvalue weighted by atomic mass is 32.1. The Labute approximate surface area is 195 Å². The van der Waals surface area contributed by atoms with E-state index in [9.17, 15) is 9.59 Å². The van der Waals surface area contributed by atoms with Crippen molar-refractivity contribution < 1.29 is 4.79 Å². The van der Waals surface area contributed by atoms with Crippen LogP contribution in [0.3, 0.4) is 0 Å². The van der Waals surface area contributed by atoms with Crippen LogP contribution in [-0.4, -0.2) is 28.5 Å². The highest BCUT2D eigenvalue weighted by Gasteiger charge is 2.37. The summed E-state index contributed by atoms with van der Waals surface area (Å²) in [6.07, 6.45) is 0.999. The number of rotatable bonds is 2. The summed E-state index contributed by atoms with van der Waals surface area (Å²) in [6, 6.07) is 23.2. The van der Waals surface area contributed by atoms with Crippen LogP contribution in [0.25, 0.3) is 20.5 Å². The topological polar surface area (TPSA) is 66.1 Å². The minimum atomic E-state index is -0.00752. The summed E-state index contributed by atoms with van der Waals surface area (Å²) >= 11 is 1.65. The maximum Gasteiger partial charge on any atom is 0.259 e. The number of piperidine rings is 1. The number of carbonyl (C=O) groups excluding carboxylic acids is 1. The normalized spacial score (nSPS) is 19.2. The molecule has 5 nitrogen and oxygen atoms in total. The maximum atomic E-state index is 13.5. The summed E-state index contributed by atoms with van der Waals surface area (Å²) in [4.78, 5) is 29.5. The third kappa shape index (κ3) is 3.37. The Hall–Kier alpha value is -3.69. The second kappa shape index (κ2) is 7.72. The summed E-state index contributed by atoms with van der Waals surface area (Å²) in [6.45, 7) is 1.89. The molecule has 2 aliphatic rings. The van der Waals surface area contributed by atoms with E-state index in [-0.39, 0.29) is 23.3 Å². The molecule has 6 heteroatoms. The molecular formula is C27H21N3O2S. The molecule has 4 heterocycles. The number of hydrogen-bond acceptors (Lipinski definition) is 4. The van der Waals surface area contributed by atoms with E-state index in [2.05, 4.69) is 30.3 Å². The van der Waals surface area contributed by atoms with E-state index in [4.69, 9.17) is 5.26 Å². The number of likely N-dealkylation sites (tertiary alicyclic amines) is 1. The van der Waals surface area contributed by atoms with Gasteiger partial charge in [-0.25, -0.2) is 0 Å². The minimum absolute atomic E-state index is 0.00752. The number of pyridine rings is 1. The Kier molecular flexibility index (Phi) is 4.67. The largest absolute Gasteiger partial charge is 0.338 e. The fourth-order valence-corrected chi connectivity index (χ4v) is 6.36. The van der Waals surface area contributed by atoms with Crippen molar-refractivity contribution >= 4 is 27.3 Å². The van der Waals surface area contributed by atoms with Gasteiger partial charge in [0.05, 0.1) is 17.2 Å². The van der Waals surface area contributed by atoms with Crippen LogP contribution >= 0.6 is 11.3 Å². The maximum absolute atomic E-state index is 13.5. The van der Waals surface area contributed by atoms with Gasteiger partial charge < -0.3 is 9.47 Å². The molecule has 2 aromatic heterocycles. The van der Waals surface area contributed by atoms with Gasteiger partial charge in [0, 0.05) is 46.4 Å². The zero-order valence-corrected chi connectivity index (χ0v) is 18.7. The van der Waals surface area contributed by atoms with Gasteiger partial charge in [0.25, 0.3) is 11.5 Å². The molecule has 0 aliphatic carbocycles. The molecule has 0 spiro atoms. The lowest BCUT2D eigenvalue weighted by atomic mass is 9.82. The monoisotopic (exact) mass is 451 g/mol. The predicted molar refractivity (Wildman–Crippen MR) is 129 cm³/mol. The third-order valence-corrected chi connectivity index (χ3v) is 7.99. The van der Waals surface area contributed by atoms with Crippen molar-refractivity contribution in [1.82, 2.24) is 9.47 Å². The molecule has 0 saturated carbocycles. The predicted octanol–water partition coefficient (Wildman–Crippen LogP) is 4.86. The number of hydrogen-bond donors (Lipinski definition) is 0. The fourth-order valence-electron chi connectivity index (χ4n) is 5.28. The van der Waals surface area contributed by atoms with Crippen LogP contribution in [0.4, 0.5) is 0 Å². The average molecular weight is 452 g/mol. The standard InChI is InChI=1S/C27H21N3O2S/c28-13-17-5-7-19(8-6-17)26(31)29-14-18-11-21(16-29)23-10-9-22(27(32)30(23)15-18)25-12-20-3-1-2-4-24(20)33-25/h1-10,12,18,21H,11,14-16H2. The molecule has 2 atom stereocenters. The summed E-state index contributed by atoms with van der Waals surface area (Å²) in [7, 11) is 0. The van der Waals surface area contributed by atoms with E-state index in [1.807, 2.05) is 27.7 Å². The summed E-state index contributed by atoms with van der Waals surface area (Å²) in [5.74, 6) is 0.407. The van der Waals surface area contributed by atoms with Gasteiger partial charge in [0.1, 0.15) is 0 Å². The van der Waals surface area contributed by atoms with Gasteiger partial charge in [-0.15, -0.1) is 11.3 Å². The average Bonchev–Trinajstić information content (AvgIpc) is 3.28. The number of benzene rings is 2. The van der Waals surface area contributed by atoms with Crippen molar-refractivity contribution in [1.29, 1.82) is 5.26 Å². The molecule has 33 heavy (non-hydrogen) atoms. The van der Waals surface area contributed by atoms with Crippen molar-refractivity contribution in [3.63, 3.8) is 0 Å². The summed E-state index contributed by atoms with van der Waals surface area (Å²) < 4.78 is 3.13. The second-order valence-electron chi connectivity index (χ2n) is 8.93. The van der Waals surface area contributed by atoms with Crippen molar-refractivity contribution in [2.24, 2.45) is 5.92 Å². The molecule has 0 radical (unpaired) electrons. The van der Waals surface area contributed by atoms with Gasteiger partial charge in [0.15, 0.2) is 0 Å². The van der Waals surface area contributed by atoms with Crippen LogP contribution in [0.2, 0.25) is 0 Å². The van der Waals surface area contributed by atoms with Crippen LogP contribution in [0.15, 0.2) is 71.5 Å². The van der Waals surface area contributed by atoms with Crippen molar-refractivity contribution in [3.05, 3.63) is 93.9 Å². The molecule has 1 saturated heterocycles. The lowest BCUT2D eigenvalue weighted by Gasteiger charge is -2.43. The van der Waals surface area contributed by atoms with Gasteiger partial charge in [-0.05, 0) is 66.3 Å². The third-order valence-electron chi connectivity index (χ3n) is 6.84. The molecule has 2 unspecified atom stereocenters.